The fraction of sp³-hybridized carbons (Fsp3) is 0.400. The van der Waals surface area contributed by atoms with Gasteiger partial charge in [-0.1, -0.05) is 38.5 Å². The molecule has 0 aliphatic carbocycles. The Balaban J connectivity index is 1.91. The van der Waals surface area contributed by atoms with Crippen molar-refractivity contribution in [2.45, 2.75) is 45.6 Å². The van der Waals surface area contributed by atoms with Crippen LogP contribution in [0.4, 0.5) is 29.5 Å². The van der Waals surface area contributed by atoms with Gasteiger partial charge < -0.3 is 10.2 Å². The fourth-order valence-electron chi connectivity index (χ4n) is 3.38. The first-order chi connectivity index (χ1) is 14.6. The van der Waals surface area contributed by atoms with Gasteiger partial charge in [0.1, 0.15) is 12.6 Å². The van der Waals surface area contributed by atoms with Gasteiger partial charge in [-0.2, -0.15) is 18.3 Å². The highest BCUT2D eigenvalue weighted by Gasteiger charge is 2.37. The maximum Gasteiger partial charge on any atom is 0.408 e. The van der Waals surface area contributed by atoms with Crippen molar-refractivity contribution < 1.29 is 22.8 Å². The number of carbonyl (C=O) groups is 2. The van der Waals surface area contributed by atoms with Gasteiger partial charge in [0.15, 0.2) is 5.82 Å². The van der Waals surface area contributed by atoms with E-state index >= 15 is 0 Å². The van der Waals surface area contributed by atoms with E-state index in [1.54, 1.807) is 24.3 Å². The summed E-state index contributed by atoms with van der Waals surface area (Å²) in [6, 6.07) is 7.55. The van der Waals surface area contributed by atoms with E-state index in [0.717, 1.165) is 12.1 Å². The van der Waals surface area contributed by atoms with Crippen molar-refractivity contribution in [2.75, 3.05) is 10.6 Å². The Kier molecular flexibility index (Phi) is 6.32. The first kappa shape index (κ1) is 22.3. The number of amides is 3. The lowest BCUT2D eigenvalue weighted by Crippen LogP contribution is -2.50. The fourth-order valence-corrected chi connectivity index (χ4v) is 3.38. The first-order valence-corrected chi connectivity index (χ1v) is 9.70. The second-order valence-corrected chi connectivity index (χ2v) is 7.36. The molecule has 0 radical (unpaired) electrons. The van der Waals surface area contributed by atoms with Gasteiger partial charge in [0.25, 0.3) is 5.56 Å². The van der Waals surface area contributed by atoms with Gasteiger partial charge in [-0.15, -0.1) is 0 Å². The number of fused-ring (bicyclic) bond motifs is 1. The van der Waals surface area contributed by atoms with Crippen LogP contribution in [0, 0.1) is 5.92 Å². The molecule has 0 bridgehead atoms. The number of aromatic nitrogens is 2. The maximum absolute atomic E-state index is 13.1. The second-order valence-electron chi connectivity index (χ2n) is 7.36. The van der Waals surface area contributed by atoms with Gasteiger partial charge in [0, 0.05) is 11.8 Å². The molecule has 0 saturated carbocycles. The molecule has 2 aromatic rings. The third kappa shape index (κ3) is 5.22. The predicted octanol–water partition coefficient (Wildman–Crippen LogP) is 3.21. The molecular formula is C20H22F3N5O3. The van der Waals surface area contributed by atoms with Crippen LogP contribution in [0.5, 0.6) is 0 Å². The zero-order chi connectivity index (χ0) is 22.8. The molecule has 2 N–H and O–H groups in total. The van der Waals surface area contributed by atoms with Crippen LogP contribution in [0.25, 0.3) is 0 Å². The summed E-state index contributed by atoms with van der Waals surface area (Å²) in [6.45, 7) is 2.26. The Morgan fingerprint density at radius 1 is 1.26 bits per heavy atom. The number of urea groups is 1. The molecule has 1 aromatic carbocycles. The van der Waals surface area contributed by atoms with Crippen LogP contribution in [0.15, 0.2) is 41.2 Å². The van der Waals surface area contributed by atoms with Crippen LogP contribution in [0.2, 0.25) is 0 Å². The van der Waals surface area contributed by atoms with E-state index in [0.29, 0.717) is 17.7 Å². The minimum atomic E-state index is -4.65. The molecule has 1 aromatic heterocycles. The number of halogens is 3. The quantitative estimate of drug-likeness (QED) is 0.768. The zero-order valence-electron chi connectivity index (χ0n) is 16.9. The standard InChI is InChI=1S/C20H22F3N5O3/c1-3-12(2)17-18(30)24-14-7-5-4-6-13(14)10-27(17)19(31)25-15-8-9-16(29)28(26-15)11-20(21,22)23/h4-9,12,17H,3,10-11H2,1-2H3,(H,24,30)(H,25,26,31)/t12-,17-/m0/s1. The van der Waals surface area contributed by atoms with Crippen molar-refractivity contribution in [3.8, 4) is 0 Å². The topological polar surface area (TPSA) is 96.3 Å². The number of rotatable bonds is 4. The van der Waals surface area contributed by atoms with Crippen LogP contribution >= 0.6 is 0 Å². The lowest BCUT2D eigenvalue weighted by Gasteiger charge is -2.32. The molecule has 1 aliphatic heterocycles. The molecule has 0 spiro atoms. The Morgan fingerprint density at radius 3 is 2.65 bits per heavy atom. The molecule has 2 atom stereocenters. The number of para-hydroxylation sites is 1. The summed E-state index contributed by atoms with van der Waals surface area (Å²) in [7, 11) is 0. The van der Waals surface area contributed by atoms with Crippen LogP contribution in [-0.2, 0) is 17.9 Å². The average molecular weight is 437 g/mol. The molecule has 31 heavy (non-hydrogen) atoms. The summed E-state index contributed by atoms with van der Waals surface area (Å²) in [5, 5.41) is 8.85. The van der Waals surface area contributed by atoms with Crippen molar-refractivity contribution in [3.05, 3.63) is 52.3 Å². The van der Waals surface area contributed by atoms with Crippen LogP contribution in [0.3, 0.4) is 0 Å². The van der Waals surface area contributed by atoms with Gasteiger partial charge in [-0.25, -0.2) is 9.48 Å². The third-order valence-electron chi connectivity index (χ3n) is 5.09. The molecule has 2 heterocycles. The number of carbonyl (C=O) groups excluding carboxylic acids is 2. The number of alkyl halides is 3. The van der Waals surface area contributed by atoms with E-state index in [9.17, 15) is 27.6 Å². The van der Waals surface area contributed by atoms with Crippen molar-refractivity contribution in [1.82, 2.24) is 14.7 Å². The molecule has 166 valence electrons. The number of nitrogens with one attached hydrogen (secondary N) is 2. The van der Waals surface area contributed by atoms with E-state index in [4.69, 9.17) is 0 Å². The van der Waals surface area contributed by atoms with Crippen LogP contribution in [-0.4, -0.2) is 38.8 Å². The minimum Gasteiger partial charge on any atom is -0.324 e. The van der Waals surface area contributed by atoms with Crippen molar-refractivity contribution in [2.24, 2.45) is 5.92 Å². The number of benzene rings is 1. The molecule has 3 amide bonds. The number of hydrogen-bond donors (Lipinski definition) is 2. The minimum absolute atomic E-state index is 0.109. The van der Waals surface area contributed by atoms with Crippen molar-refractivity contribution in [1.29, 1.82) is 0 Å². The Hall–Kier alpha value is -3.37. The van der Waals surface area contributed by atoms with E-state index in [2.05, 4.69) is 15.7 Å². The van der Waals surface area contributed by atoms with Gasteiger partial charge in [-0.3, -0.25) is 14.9 Å². The first-order valence-electron chi connectivity index (χ1n) is 9.70. The molecule has 3 rings (SSSR count). The van der Waals surface area contributed by atoms with Crippen molar-refractivity contribution in [3.63, 3.8) is 0 Å². The SMILES string of the molecule is CC[C@H](C)[C@H]1C(=O)Nc2ccccc2CN1C(=O)Nc1ccc(=O)n(CC(F)(F)F)n1. The van der Waals surface area contributed by atoms with Gasteiger partial charge in [0.2, 0.25) is 5.91 Å². The molecule has 0 fully saturated rings. The molecule has 0 unspecified atom stereocenters. The Labute approximate surface area is 176 Å². The summed E-state index contributed by atoms with van der Waals surface area (Å²) in [5.41, 5.74) is 0.357. The molecule has 1 aliphatic rings. The van der Waals surface area contributed by atoms with Gasteiger partial charge in [0.05, 0.1) is 6.54 Å². The predicted molar refractivity (Wildman–Crippen MR) is 107 cm³/mol. The smallest absolute Gasteiger partial charge is 0.324 e. The molecule has 11 heteroatoms. The Morgan fingerprint density at radius 2 is 1.97 bits per heavy atom. The zero-order valence-corrected chi connectivity index (χ0v) is 16.9. The summed E-state index contributed by atoms with van der Waals surface area (Å²) < 4.78 is 38.3. The molecular weight excluding hydrogens is 415 g/mol. The van der Waals surface area contributed by atoms with Gasteiger partial charge >= 0.3 is 12.2 Å². The lowest BCUT2D eigenvalue weighted by atomic mass is 9.97. The number of anilines is 2. The number of hydrogen-bond acceptors (Lipinski definition) is 4. The Bertz CT molecular complexity index is 1040. The normalized spacial score (nSPS) is 17.4. The number of nitrogens with zero attached hydrogens (tertiary/aromatic N) is 3. The summed E-state index contributed by atoms with van der Waals surface area (Å²) in [5.74, 6) is -0.772. The van der Waals surface area contributed by atoms with E-state index < -0.39 is 30.4 Å². The maximum atomic E-state index is 13.1. The summed E-state index contributed by atoms with van der Waals surface area (Å²) >= 11 is 0. The van der Waals surface area contributed by atoms with Crippen molar-refractivity contribution >= 4 is 23.4 Å². The average Bonchev–Trinajstić information content (AvgIpc) is 2.84. The van der Waals surface area contributed by atoms with E-state index in [1.165, 1.54) is 4.90 Å². The highest BCUT2D eigenvalue weighted by molar-refractivity contribution is 6.00. The highest BCUT2D eigenvalue weighted by Crippen LogP contribution is 2.27. The third-order valence-corrected chi connectivity index (χ3v) is 5.09. The summed E-state index contributed by atoms with van der Waals surface area (Å²) in [6.07, 6.45) is -4.03. The van der Waals surface area contributed by atoms with Crippen LogP contribution in [0.1, 0.15) is 25.8 Å². The molecule has 0 saturated heterocycles. The largest absolute Gasteiger partial charge is 0.408 e. The van der Waals surface area contributed by atoms with Gasteiger partial charge in [-0.05, 0) is 23.6 Å². The lowest BCUT2D eigenvalue weighted by molar-refractivity contribution is -0.143. The monoisotopic (exact) mass is 437 g/mol. The van der Waals surface area contributed by atoms with E-state index in [-0.39, 0.29) is 28.9 Å². The van der Waals surface area contributed by atoms with Crippen LogP contribution < -0.4 is 16.2 Å². The van der Waals surface area contributed by atoms with E-state index in [1.807, 2.05) is 13.8 Å². The highest BCUT2D eigenvalue weighted by atomic mass is 19.4. The second kappa shape index (κ2) is 8.78. The summed E-state index contributed by atoms with van der Waals surface area (Å²) in [4.78, 5) is 39.0. The molecule has 8 nitrogen and oxygen atoms in total.